The normalized spacial score (nSPS) is 17.8. The maximum Gasteiger partial charge on any atom is 0.224 e. The van der Waals surface area contributed by atoms with Gasteiger partial charge in [0.05, 0.1) is 17.1 Å². The van der Waals surface area contributed by atoms with Gasteiger partial charge in [-0.25, -0.2) is 4.98 Å². The quantitative estimate of drug-likeness (QED) is 0.805. The SMILES string of the molecule is CN1CCN(c2ncccc2NC(=O)CCc2cc3n(n2)CCCNC3)CC1. The highest BCUT2D eigenvalue weighted by atomic mass is 16.1. The number of anilines is 2. The van der Waals surface area contributed by atoms with Crippen LogP contribution in [0.3, 0.4) is 0 Å². The van der Waals surface area contributed by atoms with Gasteiger partial charge in [-0.3, -0.25) is 9.48 Å². The van der Waals surface area contributed by atoms with Gasteiger partial charge < -0.3 is 20.4 Å². The van der Waals surface area contributed by atoms with E-state index in [1.165, 1.54) is 5.69 Å². The van der Waals surface area contributed by atoms with Crippen molar-refractivity contribution in [3.8, 4) is 0 Å². The molecular formula is C20H29N7O. The summed E-state index contributed by atoms with van der Waals surface area (Å²) < 4.78 is 2.07. The molecule has 4 rings (SSSR count). The molecule has 4 heterocycles. The summed E-state index contributed by atoms with van der Waals surface area (Å²) >= 11 is 0. The highest BCUT2D eigenvalue weighted by Gasteiger charge is 2.19. The largest absolute Gasteiger partial charge is 0.352 e. The van der Waals surface area contributed by atoms with E-state index in [1.807, 2.05) is 12.1 Å². The number of rotatable bonds is 5. The maximum atomic E-state index is 12.6. The van der Waals surface area contributed by atoms with Crippen molar-refractivity contribution in [2.75, 3.05) is 50.0 Å². The smallest absolute Gasteiger partial charge is 0.224 e. The molecule has 2 aliphatic heterocycles. The van der Waals surface area contributed by atoms with Crippen LogP contribution in [0.5, 0.6) is 0 Å². The van der Waals surface area contributed by atoms with Crippen molar-refractivity contribution < 1.29 is 4.79 Å². The molecule has 0 aromatic carbocycles. The molecule has 2 N–H and O–H groups in total. The molecule has 0 radical (unpaired) electrons. The van der Waals surface area contributed by atoms with Crippen molar-refractivity contribution in [2.45, 2.75) is 32.4 Å². The Labute approximate surface area is 165 Å². The van der Waals surface area contributed by atoms with E-state index in [0.717, 1.165) is 69.4 Å². The number of hydrogen-bond donors (Lipinski definition) is 2. The van der Waals surface area contributed by atoms with Crippen LogP contribution in [0.25, 0.3) is 0 Å². The Morgan fingerprint density at radius 1 is 1.25 bits per heavy atom. The molecule has 150 valence electrons. The second-order valence-corrected chi connectivity index (χ2v) is 7.59. The molecule has 0 saturated carbocycles. The number of piperazine rings is 1. The number of likely N-dealkylation sites (N-methyl/N-ethyl adjacent to an activating group) is 1. The first-order valence-electron chi connectivity index (χ1n) is 10.1. The van der Waals surface area contributed by atoms with E-state index in [4.69, 9.17) is 0 Å². The standard InChI is InChI=1S/C20H29N7O/c1-25-10-12-26(13-11-25)20-18(4-2-8-22-20)23-19(28)6-5-16-14-17-15-21-7-3-9-27(17)24-16/h2,4,8,14,21H,3,5-7,9-13,15H2,1H3,(H,23,28). The van der Waals surface area contributed by atoms with Crippen LogP contribution < -0.4 is 15.5 Å². The molecular weight excluding hydrogens is 354 g/mol. The summed E-state index contributed by atoms with van der Waals surface area (Å²) in [5, 5.41) is 11.1. The lowest BCUT2D eigenvalue weighted by molar-refractivity contribution is -0.116. The van der Waals surface area contributed by atoms with Gasteiger partial charge in [0, 0.05) is 58.3 Å². The molecule has 2 aliphatic rings. The molecule has 2 aromatic rings. The molecule has 1 saturated heterocycles. The van der Waals surface area contributed by atoms with E-state index >= 15 is 0 Å². The molecule has 1 amide bonds. The molecule has 8 nitrogen and oxygen atoms in total. The summed E-state index contributed by atoms with van der Waals surface area (Å²) in [6.07, 6.45) is 3.94. The lowest BCUT2D eigenvalue weighted by Crippen LogP contribution is -2.45. The van der Waals surface area contributed by atoms with Crippen LogP contribution in [0.15, 0.2) is 24.4 Å². The molecule has 0 aliphatic carbocycles. The molecule has 0 spiro atoms. The lowest BCUT2D eigenvalue weighted by atomic mass is 10.2. The summed E-state index contributed by atoms with van der Waals surface area (Å²) in [5.41, 5.74) is 2.98. The summed E-state index contributed by atoms with van der Waals surface area (Å²) in [6.45, 7) is 6.67. The van der Waals surface area contributed by atoms with Gasteiger partial charge in [0.15, 0.2) is 5.82 Å². The number of aryl methyl sites for hydroxylation is 2. The van der Waals surface area contributed by atoms with Crippen LogP contribution in [0.4, 0.5) is 11.5 Å². The first kappa shape index (κ1) is 18.9. The maximum absolute atomic E-state index is 12.6. The fourth-order valence-corrected chi connectivity index (χ4v) is 3.76. The van der Waals surface area contributed by atoms with Crippen molar-refractivity contribution in [3.63, 3.8) is 0 Å². The highest BCUT2D eigenvalue weighted by Crippen LogP contribution is 2.24. The predicted octanol–water partition coefficient (Wildman–Crippen LogP) is 1.09. The van der Waals surface area contributed by atoms with Crippen LogP contribution >= 0.6 is 0 Å². The van der Waals surface area contributed by atoms with Gasteiger partial charge in [-0.1, -0.05) is 0 Å². The molecule has 0 atom stereocenters. The number of aromatic nitrogens is 3. The Kier molecular flexibility index (Phi) is 5.87. The average molecular weight is 384 g/mol. The topological polar surface area (TPSA) is 78.3 Å². The average Bonchev–Trinajstić information content (AvgIpc) is 2.97. The molecule has 2 aromatic heterocycles. The van der Waals surface area contributed by atoms with Crippen molar-refractivity contribution >= 4 is 17.4 Å². The zero-order chi connectivity index (χ0) is 19.3. The van der Waals surface area contributed by atoms with Crippen LogP contribution in [-0.2, 0) is 24.3 Å². The van der Waals surface area contributed by atoms with E-state index in [-0.39, 0.29) is 5.91 Å². The van der Waals surface area contributed by atoms with Crippen LogP contribution in [0, 0.1) is 0 Å². The van der Waals surface area contributed by atoms with Gasteiger partial charge in [0.2, 0.25) is 5.91 Å². The fourth-order valence-electron chi connectivity index (χ4n) is 3.76. The zero-order valence-corrected chi connectivity index (χ0v) is 16.5. The summed E-state index contributed by atoms with van der Waals surface area (Å²) in [7, 11) is 2.13. The Balaban J connectivity index is 1.35. The second-order valence-electron chi connectivity index (χ2n) is 7.59. The minimum atomic E-state index is 0.00435. The predicted molar refractivity (Wildman–Crippen MR) is 109 cm³/mol. The number of amides is 1. The number of carbonyl (C=O) groups is 1. The Bertz CT molecular complexity index is 787. The third-order valence-corrected chi connectivity index (χ3v) is 5.42. The van der Waals surface area contributed by atoms with E-state index in [0.29, 0.717) is 12.8 Å². The molecule has 8 heteroatoms. The monoisotopic (exact) mass is 383 g/mol. The summed E-state index contributed by atoms with van der Waals surface area (Å²) in [4.78, 5) is 21.6. The fraction of sp³-hybridized carbons (Fsp3) is 0.550. The van der Waals surface area contributed by atoms with E-state index in [9.17, 15) is 4.79 Å². The van der Waals surface area contributed by atoms with E-state index in [1.54, 1.807) is 6.20 Å². The van der Waals surface area contributed by atoms with E-state index in [2.05, 4.69) is 48.3 Å². The number of pyridine rings is 1. The van der Waals surface area contributed by atoms with Crippen LogP contribution in [-0.4, -0.2) is 65.3 Å². The molecule has 28 heavy (non-hydrogen) atoms. The van der Waals surface area contributed by atoms with Crippen molar-refractivity contribution in [2.24, 2.45) is 0 Å². The third-order valence-electron chi connectivity index (χ3n) is 5.42. The van der Waals surface area contributed by atoms with Gasteiger partial charge in [-0.05, 0) is 38.2 Å². The molecule has 0 unspecified atom stereocenters. The van der Waals surface area contributed by atoms with Gasteiger partial charge >= 0.3 is 0 Å². The lowest BCUT2D eigenvalue weighted by Gasteiger charge is -2.34. The van der Waals surface area contributed by atoms with Gasteiger partial charge in [0.25, 0.3) is 0 Å². The first-order valence-corrected chi connectivity index (χ1v) is 10.1. The van der Waals surface area contributed by atoms with Gasteiger partial charge in [-0.15, -0.1) is 0 Å². The summed E-state index contributed by atoms with van der Waals surface area (Å²) in [5.74, 6) is 0.869. The van der Waals surface area contributed by atoms with Crippen LogP contribution in [0.2, 0.25) is 0 Å². The van der Waals surface area contributed by atoms with Crippen molar-refractivity contribution in [1.29, 1.82) is 0 Å². The van der Waals surface area contributed by atoms with Crippen LogP contribution in [0.1, 0.15) is 24.2 Å². The second kappa shape index (κ2) is 8.70. The Hall–Kier alpha value is -2.45. The number of fused-ring (bicyclic) bond motifs is 1. The first-order chi connectivity index (χ1) is 13.7. The minimum absolute atomic E-state index is 0.00435. The highest BCUT2D eigenvalue weighted by molar-refractivity contribution is 5.93. The zero-order valence-electron chi connectivity index (χ0n) is 16.5. The minimum Gasteiger partial charge on any atom is -0.352 e. The number of carbonyl (C=O) groups excluding carboxylic acids is 1. The van der Waals surface area contributed by atoms with Gasteiger partial charge in [0.1, 0.15) is 0 Å². The third kappa shape index (κ3) is 4.51. The Morgan fingerprint density at radius 3 is 2.96 bits per heavy atom. The summed E-state index contributed by atoms with van der Waals surface area (Å²) in [6, 6.07) is 5.92. The molecule has 0 bridgehead atoms. The van der Waals surface area contributed by atoms with Gasteiger partial charge in [-0.2, -0.15) is 5.10 Å². The number of hydrogen-bond acceptors (Lipinski definition) is 6. The van der Waals surface area contributed by atoms with E-state index < -0.39 is 0 Å². The van der Waals surface area contributed by atoms with Crippen molar-refractivity contribution in [1.82, 2.24) is 25.0 Å². The number of nitrogens with zero attached hydrogens (tertiary/aromatic N) is 5. The Morgan fingerprint density at radius 2 is 2.11 bits per heavy atom. The number of nitrogens with one attached hydrogen (secondary N) is 2. The van der Waals surface area contributed by atoms with Crippen molar-refractivity contribution in [3.05, 3.63) is 35.8 Å². The molecule has 1 fully saturated rings.